The lowest BCUT2D eigenvalue weighted by Gasteiger charge is -2.22. The summed E-state index contributed by atoms with van der Waals surface area (Å²) in [6.07, 6.45) is 4.96. The quantitative estimate of drug-likeness (QED) is 0.849. The van der Waals surface area contributed by atoms with Crippen molar-refractivity contribution in [3.63, 3.8) is 0 Å². The van der Waals surface area contributed by atoms with Crippen LogP contribution in [0, 0.1) is 0 Å². The molecule has 2 rings (SSSR count). The molecule has 0 aliphatic heterocycles. The summed E-state index contributed by atoms with van der Waals surface area (Å²) in [5.74, 6) is 1.08. The summed E-state index contributed by atoms with van der Waals surface area (Å²) in [4.78, 5) is 6.36. The maximum Gasteiger partial charge on any atom is 0.103 e. The van der Waals surface area contributed by atoms with Gasteiger partial charge in [-0.05, 0) is 37.5 Å². The molecule has 1 atom stereocenters. The van der Waals surface area contributed by atoms with Crippen LogP contribution in [0.2, 0.25) is 0 Å². The number of thiazole rings is 1. The lowest BCUT2D eigenvalue weighted by molar-refractivity contribution is 0.464. The van der Waals surface area contributed by atoms with Gasteiger partial charge in [-0.25, -0.2) is 4.98 Å². The van der Waals surface area contributed by atoms with E-state index in [9.17, 15) is 0 Å². The molecule has 0 saturated heterocycles. The first-order chi connectivity index (χ1) is 8.70. The van der Waals surface area contributed by atoms with Crippen molar-refractivity contribution in [3.05, 3.63) is 15.6 Å². The van der Waals surface area contributed by atoms with Crippen LogP contribution in [0.5, 0.6) is 0 Å². The molecule has 0 saturated carbocycles. The number of nitrogens with one attached hydrogen (secondary N) is 1. The Morgan fingerprint density at radius 1 is 1.50 bits per heavy atom. The van der Waals surface area contributed by atoms with Crippen LogP contribution >= 0.6 is 23.1 Å². The van der Waals surface area contributed by atoms with Crippen molar-refractivity contribution in [2.75, 3.05) is 6.54 Å². The Morgan fingerprint density at radius 3 is 3.06 bits per heavy atom. The van der Waals surface area contributed by atoms with Crippen molar-refractivity contribution in [1.29, 1.82) is 0 Å². The number of nitrogens with zero attached hydrogens (tertiary/aromatic N) is 1. The SMILES string of the molecule is CCCNC1CCCc2nc(CSC(C)C)sc21. The molecule has 0 radical (unpaired) electrons. The summed E-state index contributed by atoms with van der Waals surface area (Å²) in [7, 11) is 0. The first kappa shape index (κ1) is 14.4. The number of hydrogen-bond acceptors (Lipinski definition) is 4. The second-order valence-corrected chi connectivity index (χ2v) is 7.86. The van der Waals surface area contributed by atoms with Crippen LogP contribution in [0.4, 0.5) is 0 Å². The topological polar surface area (TPSA) is 24.9 Å². The van der Waals surface area contributed by atoms with E-state index in [0.717, 1.165) is 12.3 Å². The molecule has 1 aliphatic rings. The van der Waals surface area contributed by atoms with Gasteiger partial charge in [0.25, 0.3) is 0 Å². The molecular weight excluding hydrogens is 260 g/mol. The third kappa shape index (κ3) is 3.72. The van der Waals surface area contributed by atoms with E-state index in [1.165, 1.54) is 41.3 Å². The lowest BCUT2D eigenvalue weighted by atomic mass is 9.98. The molecule has 18 heavy (non-hydrogen) atoms. The smallest absolute Gasteiger partial charge is 0.103 e. The van der Waals surface area contributed by atoms with Crippen LogP contribution in [0.1, 0.15) is 61.7 Å². The third-order valence-electron chi connectivity index (χ3n) is 3.18. The van der Waals surface area contributed by atoms with Gasteiger partial charge in [0.05, 0.1) is 5.69 Å². The molecule has 2 nitrogen and oxygen atoms in total. The van der Waals surface area contributed by atoms with Crippen LogP contribution in [0.3, 0.4) is 0 Å². The highest BCUT2D eigenvalue weighted by Crippen LogP contribution is 2.35. The Labute approximate surface area is 119 Å². The molecule has 4 heteroatoms. The zero-order valence-corrected chi connectivity index (χ0v) is 13.3. The van der Waals surface area contributed by atoms with Crippen LogP contribution in [-0.4, -0.2) is 16.8 Å². The summed E-state index contributed by atoms with van der Waals surface area (Å²) in [5, 5.41) is 5.69. The zero-order valence-electron chi connectivity index (χ0n) is 11.7. The van der Waals surface area contributed by atoms with Crippen LogP contribution in [0.15, 0.2) is 0 Å². The minimum Gasteiger partial charge on any atom is -0.309 e. The standard InChI is InChI=1S/C14H24N2S2/c1-4-8-15-11-6-5-7-12-14(11)18-13(16-12)9-17-10(2)3/h10-11,15H,4-9H2,1-3H3. The summed E-state index contributed by atoms with van der Waals surface area (Å²) in [5.41, 5.74) is 1.37. The van der Waals surface area contributed by atoms with Crippen LogP contribution in [-0.2, 0) is 12.2 Å². The number of aromatic nitrogens is 1. The molecule has 1 heterocycles. The molecule has 1 aliphatic carbocycles. The van der Waals surface area contributed by atoms with Gasteiger partial charge in [0.2, 0.25) is 0 Å². The Balaban J connectivity index is 2.03. The van der Waals surface area contributed by atoms with E-state index in [1.54, 1.807) is 0 Å². The first-order valence-electron chi connectivity index (χ1n) is 7.04. The van der Waals surface area contributed by atoms with Crippen LogP contribution < -0.4 is 5.32 Å². The van der Waals surface area contributed by atoms with Gasteiger partial charge in [-0.3, -0.25) is 0 Å². The van der Waals surface area contributed by atoms with E-state index in [1.807, 2.05) is 23.1 Å². The highest BCUT2D eigenvalue weighted by molar-refractivity contribution is 7.99. The van der Waals surface area contributed by atoms with E-state index >= 15 is 0 Å². The molecule has 1 N–H and O–H groups in total. The van der Waals surface area contributed by atoms with Gasteiger partial charge in [-0.1, -0.05) is 20.8 Å². The van der Waals surface area contributed by atoms with Crippen LogP contribution in [0.25, 0.3) is 0 Å². The Kier molecular flexibility index (Phi) is 5.52. The lowest BCUT2D eigenvalue weighted by Crippen LogP contribution is -2.24. The molecule has 0 aromatic carbocycles. The molecule has 1 unspecified atom stereocenters. The van der Waals surface area contributed by atoms with Gasteiger partial charge in [0.15, 0.2) is 0 Å². The van der Waals surface area contributed by atoms with E-state index in [2.05, 4.69) is 26.1 Å². The van der Waals surface area contributed by atoms with Gasteiger partial charge in [0, 0.05) is 16.7 Å². The number of hydrogen-bond donors (Lipinski definition) is 1. The van der Waals surface area contributed by atoms with E-state index in [0.29, 0.717) is 11.3 Å². The molecule has 1 aromatic rings. The van der Waals surface area contributed by atoms with Crippen molar-refractivity contribution in [1.82, 2.24) is 10.3 Å². The number of thioether (sulfide) groups is 1. The van der Waals surface area contributed by atoms with Crippen molar-refractivity contribution in [3.8, 4) is 0 Å². The predicted molar refractivity (Wildman–Crippen MR) is 82.5 cm³/mol. The first-order valence-corrected chi connectivity index (χ1v) is 8.90. The van der Waals surface area contributed by atoms with E-state index in [-0.39, 0.29) is 0 Å². The minimum absolute atomic E-state index is 0.573. The predicted octanol–water partition coefficient (Wildman–Crippen LogP) is 4.16. The van der Waals surface area contributed by atoms with Gasteiger partial charge >= 0.3 is 0 Å². The Hall–Kier alpha value is -0.0600. The number of rotatable bonds is 6. The molecule has 0 spiro atoms. The average Bonchev–Trinajstić information content (AvgIpc) is 2.77. The molecule has 0 bridgehead atoms. The number of fused-ring (bicyclic) bond motifs is 1. The second kappa shape index (κ2) is 6.92. The summed E-state index contributed by atoms with van der Waals surface area (Å²) in [6.45, 7) is 7.86. The second-order valence-electron chi connectivity index (χ2n) is 5.18. The average molecular weight is 284 g/mol. The summed E-state index contributed by atoms with van der Waals surface area (Å²) >= 11 is 3.94. The van der Waals surface area contributed by atoms with Crippen molar-refractivity contribution in [2.24, 2.45) is 0 Å². The third-order valence-corrected chi connectivity index (χ3v) is 5.68. The summed E-state index contributed by atoms with van der Waals surface area (Å²) in [6, 6.07) is 0.573. The highest BCUT2D eigenvalue weighted by atomic mass is 32.2. The Morgan fingerprint density at radius 2 is 2.33 bits per heavy atom. The Bertz CT molecular complexity index is 374. The summed E-state index contributed by atoms with van der Waals surface area (Å²) < 4.78 is 0. The van der Waals surface area contributed by atoms with Gasteiger partial charge in [0.1, 0.15) is 5.01 Å². The van der Waals surface area contributed by atoms with E-state index < -0.39 is 0 Å². The maximum atomic E-state index is 4.84. The van der Waals surface area contributed by atoms with Gasteiger partial charge < -0.3 is 5.32 Å². The zero-order chi connectivity index (χ0) is 13.0. The minimum atomic E-state index is 0.573. The largest absolute Gasteiger partial charge is 0.309 e. The monoisotopic (exact) mass is 284 g/mol. The molecular formula is C14H24N2S2. The molecule has 0 fully saturated rings. The fourth-order valence-electron chi connectivity index (χ4n) is 2.28. The number of aryl methyl sites for hydroxylation is 1. The normalized spacial score (nSPS) is 19.2. The van der Waals surface area contributed by atoms with E-state index in [4.69, 9.17) is 4.98 Å². The fraction of sp³-hybridized carbons (Fsp3) is 0.786. The molecule has 0 amide bonds. The van der Waals surface area contributed by atoms with Crippen molar-refractivity contribution >= 4 is 23.1 Å². The molecule has 102 valence electrons. The maximum absolute atomic E-state index is 4.84. The van der Waals surface area contributed by atoms with Crippen molar-refractivity contribution < 1.29 is 0 Å². The fourth-order valence-corrected chi connectivity index (χ4v) is 4.28. The van der Waals surface area contributed by atoms with Crippen molar-refractivity contribution in [2.45, 2.75) is 63.5 Å². The van der Waals surface area contributed by atoms with Gasteiger partial charge in [-0.2, -0.15) is 11.8 Å². The highest BCUT2D eigenvalue weighted by Gasteiger charge is 2.23. The van der Waals surface area contributed by atoms with Gasteiger partial charge in [-0.15, -0.1) is 11.3 Å². The molecule has 1 aromatic heterocycles.